The first kappa shape index (κ1) is 18.8. The van der Waals surface area contributed by atoms with Gasteiger partial charge in [-0.1, -0.05) is 0 Å². The van der Waals surface area contributed by atoms with E-state index in [2.05, 4.69) is 0 Å². The molecule has 136 valence electrons. The Labute approximate surface area is 144 Å². The number of likely N-dealkylation sites (tertiary alicyclic amines) is 1. The highest BCUT2D eigenvalue weighted by Gasteiger charge is 2.33. The van der Waals surface area contributed by atoms with Gasteiger partial charge in [0, 0.05) is 12.5 Å². The average molecular weight is 352 g/mol. The van der Waals surface area contributed by atoms with Crippen LogP contribution in [0.2, 0.25) is 0 Å². The molecule has 0 unspecified atom stereocenters. The number of hydrogen-bond donors (Lipinski definition) is 1. The van der Waals surface area contributed by atoms with Crippen molar-refractivity contribution in [3.05, 3.63) is 44.0 Å². The van der Waals surface area contributed by atoms with E-state index in [1.54, 1.807) is 0 Å². The third-order valence-electron chi connectivity index (χ3n) is 4.77. The molecule has 0 atom stereocenters. The first-order valence-corrected chi connectivity index (χ1v) is 8.32. The molecule has 1 aliphatic rings. The number of hydrogen-bond acceptors (Lipinski definition) is 5. The standard InChI is InChI=1S/C16H21N3O6/c20-16(21)5-4-10-19(8-2-1-3-9-19)12-13-6-7-14(17(22)23)11-15(13)18(24)25/h6-7,11H,1-5,8-10,12H2/p+1. The Kier molecular flexibility index (Phi) is 6.02. The summed E-state index contributed by atoms with van der Waals surface area (Å²) in [5.41, 5.74) is -0.0742. The van der Waals surface area contributed by atoms with Crippen LogP contribution in [0.15, 0.2) is 18.2 Å². The smallest absolute Gasteiger partial charge is 0.303 e. The number of benzene rings is 1. The lowest BCUT2D eigenvalue weighted by molar-refractivity contribution is -0.945. The van der Waals surface area contributed by atoms with Gasteiger partial charge < -0.3 is 9.59 Å². The summed E-state index contributed by atoms with van der Waals surface area (Å²) in [6.07, 6.45) is 3.67. The van der Waals surface area contributed by atoms with Crippen molar-refractivity contribution in [1.82, 2.24) is 0 Å². The Bertz CT molecular complexity index is 670. The number of carboxylic acids is 1. The third-order valence-corrected chi connectivity index (χ3v) is 4.77. The number of rotatable bonds is 8. The molecule has 1 aromatic carbocycles. The van der Waals surface area contributed by atoms with Crippen LogP contribution in [0.1, 0.15) is 37.7 Å². The summed E-state index contributed by atoms with van der Waals surface area (Å²) < 4.78 is 0.603. The van der Waals surface area contributed by atoms with Gasteiger partial charge in [0.05, 0.1) is 47.5 Å². The molecule has 0 saturated carbocycles. The number of piperidine rings is 1. The summed E-state index contributed by atoms with van der Waals surface area (Å²) in [4.78, 5) is 31.8. The lowest BCUT2D eigenvalue weighted by atomic mass is 10.0. The summed E-state index contributed by atoms with van der Waals surface area (Å²) in [6.45, 7) is 2.72. The van der Waals surface area contributed by atoms with Crippen LogP contribution < -0.4 is 0 Å². The van der Waals surface area contributed by atoms with Crippen LogP contribution >= 0.6 is 0 Å². The number of quaternary nitrogens is 1. The van der Waals surface area contributed by atoms with Crippen LogP contribution in [0.25, 0.3) is 0 Å². The molecule has 1 fully saturated rings. The summed E-state index contributed by atoms with van der Waals surface area (Å²) in [5.74, 6) is -0.850. The second-order valence-electron chi connectivity index (χ2n) is 6.56. The lowest BCUT2D eigenvalue weighted by Gasteiger charge is -2.41. The van der Waals surface area contributed by atoms with Gasteiger partial charge in [-0.3, -0.25) is 25.0 Å². The predicted octanol–water partition coefficient (Wildman–Crippen LogP) is 2.87. The van der Waals surface area contributed by atoms with E-state index in [0.717, 1.165) is 38.4 Å². The highest BCUT2D eigenvalue weighted by atomic mass is 16.6. The van der Waals surface area contributed by atoms with Gasteiger partial charge in [-0.2, -0.15) is 0 Å². The largest absolute Gasteiger partial charge is 0.481 e. The molecular formula is C16H22N3O6+. The minimum absolute atomic E-state index is 0.0718. The predicted molar refractivity (Wildman–Crippen MR) is 89.0 cm³/mol. The van der Waals surface area contributed by atoms with Crippen molar-refractivity contribution in [2.75, 3.05) is 19.6 Å². The zero-order valence-corrected chi connectivity index (χ0v) is 13.9. The van der Waals surface area contributed by atoms with Gasteiger partial charge in [0.2, 0.25) is 0 Å². The van der Waals surface area contributed by atoms with Crippen LogP contribution in [0.4, 0.5) is 11.4 Å². The molecule has 0 aliphatic carbocycles. The van der Waals surface area contributed by atoms with Crippen molar-refractivity contribution in [3.8, 4) is 0 Å². The van der Waals surface area contributed by atoms with Gasteiger partial charge >= 0.3 is 5.97 Å². The number of aliphatic carboxylic acids is 1. The van der Waals surface area contributed by atoms with Crippen molar-refractivity contribution in [2.24, 2.45) is 0 Å². The molecule has 0 radical (unpaired) electrons. The Morgan fingerprint density at radius 1 is 1.12 bits per heavy atom. The maximum atomic E-state index is 11.3. The Morgan fingerprint density at radius 2 is 1.80 bits per heavy atom. The fourth-order valence-corrected chi connectivity index (χ4v) is 3.54. The Hall–Kier alpha value is -2.55. The highest BCUT2D eigenvalue weighted by Crippen LogP contribution is 2.30. The van der Waals surface area contributed by atoms with Gasteiger partial charge in [-0.05, 0) is 25.3 Å². The summed E-state index contributed by atoms with van der Waals surface area (Å²) in [7, 11) is 0. The Morgan fingerprint density at radius 3 is 2.36 bits per heavy atom. The maximum Gasteiger partial charge on any atom is 0.303 e. The van der Waals surface area contributed by atoms with Crippen molar-refractivity contribution in [1.29, 1.82) is 0 Å². The molecule has 0 bridgehead atoms. The number of nitro benzene ring substituents is 2. The third kappa shape index (κ3) is 4.96. The van der Waals surface area contributed by atoms with Crippen LogP contribution in [0.3, 0.4) is 0 Å². The van der Waals surface area contributed by atoms with E-state index in [4.69, 9.17) is 5.11 Å². The topological polar surface area (TPSA) is 124 Å². The molecule has 1 N–H and O–H groups in total. The molecule has 0 amide bonds. The summed E-state index contributed by atoms with van der Waals surface area (Å²) in [6, 6.07) is 3.76. The number of nitrogens with zero attached hydrogens (tertiary/aromatic N) is 3. The van der Waals surface area contributed by atoms with Crippen molar-refractivity contribution >= 4 is 17.3 Å². The van der Waals surface area contributed by atoms with E-state index in [1.807, 2.05) is 0 Å². The molecule has 2 rings (SSSR count). The van der Waals surface area contributed by atoms with Crippen molar-refractivity contribution in [3.63, 3.8) is 0 Å². The monoisotopic (exact) mass is 352 g/mol. The molecule has 9 nitrogen and oxygen atoms in total. The normalized spacial score (nSPS) is 16.3. The SMILES string of the molecule is O=C(O)CCC[N+]1(Cc2ccc([N+](=O)[O-])cc2[N+](=O)[O-])CCCCC1. The van der Waals surface area contributed by atoms with Gasteiger partial charge in [-0.25, -0.2) is 0 Å². The van der Waals surface area contributed by atoms with Crippen molar-refractivity contribution < 1.29 is 24.2 Å². The summed E-state index contributed by atoms with van der Waals surface area (Å²) in [5, 5.41) is 31.1. The average Bonchev–Trinajstić information content (AvgIpc) is 2.55. The number of non-ortho nitro benzene ring substituents is 1. The fourth-order valence-electron chi connectivity index (χ4n) is 3.54. The molecule has 9 heteroatoms. The van der Waals surface area contributed by atoms with Gasteiger partial charge in [0.15, 0.2) is 0 Å². The van der Waals surface area contributed by atoms with Gasteiger partial charge in [-0.15, -0.1) is 0 Å². The zero-order valence-electron chi connectivity index (χ0n) is 13.9. The van der Waals surface area contributed by atoms with E-state index < -0.39 is 15.8 Å². The quantitative estimate of drug-likeness (QED) is 0.436. The van der Waals surface area contributed by atoms with E-state index in [1.165, 1.54) is 12.1 Å². The molecule has 0 spiro atoms. The minimum Gasteiger partial charge on any atom is -0.481 e. The van der Waals surface area contributed by atoms with E-state index in [0.29, 0.717) is 29.6 Å². The second-order valence-corrected chi connectivity index (χ2v) is 6.56. The summed E-state index contributed by atoms with van der Waals surface area (Å²) >= 11 is 0. The van der Waals surface area contributed by atoms with Crippen LogP contribution in [-0.4, -0.2) is 45.0 Å². The van der Waals surface area contributed by atoms with E-state index >= 15 is 0 Å². The zero-order chi connectivity index (χ0) is 18.4. The molecule has 1 heterocycles. The molecular weight excluding hydrogens is 330 g/mol. The number of carbonyl (C=O) groups is 1. The highest BCUT2D eigenvalue weighted by molar-refractivity contribution is 5.66. The molecule has 1 saturated heterocycles. The first-order valence-electron chi connectivity index (χ1n) is 8.32. The molecule has 1 aromatic rings. The van der Waals surface area contributed by atoms with Gasteiger partial charge in [0.1, 0.15) is 6.54 Å². The lowest BCUT2D eigenvalue weighted by Crippen LogP contribution is -2.51. The van der Waals surface area contributed by atoms with Crippen LogP contribution in [-0.2, 0) is 11.3 Å². The first-order chi connectivity index (χ1) is 11.8. The molecule has 1 aliphatic heterocycles. The van der Waals surface area contributed by atoms with Gasteiger partial charge in [0.25, 0.3) is 11.4 Å². The molecule has 25 heavy (non-hydrogen) atoms. The minimum atomic E-state index is -0.850. The van der Waals surface area contributed by atoms with Crippen LogP contribution in [0, 0.1) is 20.2 Å². The van der Waals surface area contributed by atoms with Crippen LogP contribution in [0.5, 0.6) is 0 Å². The fraction of sp³-hybridized carbons (Fsp3) is 0.562. The second kappa shape index (κ2) is 8.02. The Balaban J connectivity index is 2.26. The number of nitro groups is 2. The number of carboxylic acid groups (broad SMARTS) is 1. The maximum absolute atomic E-state index is 11.3. The van der Waals surface area contributed by atoms with E-state index in [-0.39, 0.29) is 17.8 Å². The van der Waals surface area contributed by atoms with Crippen molar-refractivity contribution in [2.45, 2.75) is 38.6 Å². The van der Waals surface area contributed by atoms with E-state index in [9.17, 15) is 25.0 Å². The molecule has 0 aromatic heterocycles.